The fourth-order valence-corrected chi connectivity index (χ4v) is 5.77. The SMILES string of the molecule is O=C(Nc1ccc(S(=O)(=O)NCC2CCCO2)cc1)C1CC(=O)N(C2CCCCC2)C1. The maximum absolute atomic E-state index is 12.7. The molecule has 1 aliphatic carbocycles. The molecule has 9 heteroatoms. The summed E-state index contributed by atoms with van der Waals surface area (Å²) in [4.78, 5) is 27.1. The number of benzene rings is 1. The molecular weight excluding hydrogens is 418 g/mol. The van der Waals surface area contributed by atoms with Crippen LogP contribution in [0.25, 0.3) is 0 Å². The zero-order chi connectivity index (χ0) is 21.8. The minimum atomic E-state index is -3.63. The van der Waals surface area contributed by atoms with Gasteiger partial charge in [-0.25, -0.2) is 13.1 Å². The summed E-state index contributed by atoms with van der Waals surface area (Å²) >= 11 is 0. The van der Waals surface area contributed by atoms with E-state index in [9.17, 15) is 18.0 Å². The van der Waals surface area contributed by atoms with Gasteiger partial charge in [0.25, 0.3) is 0 Å². The molecule has 8 nitrogen and oxygen atoms in total. The number of anilines is 1. The molecule has 2 atom stereocenters. The van der Waals surface area contributed by atoms with Crippen LogP contribution in [-0.2, 0) is 24.3 Å². The van der Waals surface area contributed by atoms with Gasteiger partial charge in [-0.05, 0) is 49.9 Å². The third-order valence-corrected chi connectivity index (χ3v) is 7.94. The molecule has 3 aliphatic rings. The van der Waals surface area contributed by atoms with Crippen molar-refractivity contribution in [1.29, 1.82) is 0 Å². The lowest BCUT2D eigenvalue weighted by Crippen LogP contribution is -2.38. The Morgan fingerprint density at radius 1 is 1.06 bits per heavy atom. The second kappa shape index (κ2) is 9.67. The predicted octanol–water partition coefficient (Wildman–Crippen LogP) is 2.26. The van der Waals surface area contributed by atoms with Gasteiger partial charge in [0.05, 0.1) is 16.9 Å². The Bertz CT molecular complexity index is 890. The smallest absolute Gasteiger partial charge is 0.240 e. The van der Waals surface area contributed by atoms with E-state index >= 15 is 0 Å². The van der Waals surface area contributed by atoms with Crippen LogP contribution in [0.15, 0.2) is 29.2 Å². The molecule has 2 amide bonds. The van der Waals surface area contributed by atoms with Crippen LogP contribution < -0.4 is 10.0 Å². The van der Waals surface area contributed by atoms with Crippen molar-refractivity contribution in [2.75, 3.05) is 25.0 Å². The summed E-state index contributed by atoms with van der Waals surface area (Å²) in [6, 6.07) is 6.37. The molecule has 2 aliphatic heterocycles. The number of ether oxygens (including phenoxy) is 1. The number of carbonyl (C=O) groups is 2. The highest BCUT2D eigenvalue weighted by molar-refractivity contribution is 7.89. The lowest BCUT2D eigenvalue weighted by atomic mass is 9.94. The van der Waals surface area contributed by atoms with Crippen LogP contribution in [0.4, 0.5) is 5.69 Å². The van der Waals surface area contributed by atoms with Gasteiger partial charge in [0, 0.05) is 37.8 Å². The van der Waals surface area contributed by atoms with E-state index in [4.69, 9.17) is 4.74 Å². The van der Waals surface area contributed by atoms with Crippen LogP contribution in [0.3, 0.4) is 0 Å². The van der Waals surface area contributed by atoms with E-state index in [1.54, 1.807) is 12.1 Å². The van der Waals surface area contributed by atoms with Gasteiger partial charge in [0.1, 0.15) is 0 Å². The van der Waals surface area contributed by atoms with Gasteiger partial charge in [-0.1, -0.05) is 19.3 Å². The number of nitrogens with zero attached hydrogens (tertiary/aromatic N) is 1. The van der Waals surface area contributed by atoms with Crippen LogP contribution >= 0.6 is 0 Å². The molecule has 1 aromatic carbocycles. The molecule has 2 unspecified atom stereocenters. The first-order valence-electron chi connectivity index (χ1n) is 11.2. The molecule has 0 bridgehead atoms. The summed E-state index contributed by atoms with van der Waals surface area (Å²) in [5, 5.41) is 2.83. The Morgan fingerprint density at radius 3 is 2.48 bits per heavy atom. The number of amides is 2. The Kier molecular flexibility index (Phi) is 6.93. The second-order valence-corrected chi connectivity index (χ2v) is 10.5. The number of hydrogen-bond acceptors (Lipinski definition) is 5. The van der Waals surface area contributed by atoms with Crippen LogP contribution in [-0.4, -0.2) is 57.0 Å². The monoisotopic (exact) mass is 449 g/mol. The Hall–Kier alpha value is -1.97. The molecule has 1 saturated carbocycles. The first-order chi connectivity index (χ1) is 14.9. The number of carbonyl (C=O) groups excluding carboxylic acids is 2. The maximum Gasteiger partial charge on any atom is 0.240 e. The molecule has 3 fully saturated rings. The number of nitrogens with one attached hydrogen (secondary N) is 2. The summed E-state index contributed by atoms with van der Waals surface area (Å²) in [7, 11) is -3.63. The summed E-state index contributed by atoms with van der Waals surface area (Å²) in [5.41, 5.74) is 0.520. The average Bonchev–Trinajstić information content (AvgIpc) is 3.43. The molecule has 170 valence electrons. The van der Waals surface area contributed by atoms with Gasteiger partial charge in [0.15, 0.2) is 0 Å². The number of hydrogen-bond donors (Lipinski definition) is 2. The normalized spacial score (nSPS) is 25.2. The zero-order valence-corrected chi connectivity index (χ0v) is 18.5. The third kappa shape index (κ3) is 5.45. The fourth-order valence-electron chi connectivity index (χ4n) is 4.71. The Balaban J connectivity index is 1.31. The van der Waals surface area contributed by atoms with E-state index in [0.717, 1.165) is 38.5 Å². The van der Waals surface area contributed by atoms with Crippen molar-refractivity contribution in [2.45, 2.75) is 68.4 Å². The highest BCUT2D eigenvalue weighted by atomic mass is 32.2. The van der Waals surface area contributed by atoms with Crippen LogP contribution in [0.1, 0.15) is 51.4 Å². The van der Waals surface area contributed by atoms with E-state index in [1.807, 2.05) is 4.90 Å². The molecule has 0 spiro atoms. The molecule has 2 saturated heterocycles. The first-order valence-corrected chi connectivity index (χ1v) is 12.7. The summed E-state index contributed by atoms with van der Waals surface area (Å²) < 4.78 is 32.9. The molecule has 2 heterocycles. The van der Waals surface area contributed by atoms with E-state index < -0.39 is 10.0 Å². The minimum absolute atomic E-state index is 0.0609. The third-order valence-electron chi connectivity index (χ3n) is 6.50. The summed E-state index contributed by atoms with van der Waals surface area (Å²) in [5.74, 6) is -0.504. The van der Waals surface area contributed by atoms with Crippen LogP contribution in [0.2, 0.25) is 0 Å². The van der Waals surface area contributed by atoms with Crippen molar-refractivity contribution in [3.8, 4) is 0 Å². The van der Waals surface area contributed by atoms with E-state index in [-0.39, 0.29) is 47.7 Å². The van der Waals surface area contributed by atoms with Crippen molar-refractivity contribution in [3.63, 3.8) is 0 Å². The highest BCUT2D eigenvalue weighted by Gasteiger charge is 2.38. The maximum atomic E-state index is 12.7. The average molecular weight is 450 g/mol. The quantitative estimate of drug-likeness (QED) is 0.664. The molecular formula is C22H31N3O5S. The summed E-state index contributed by atoms with van der Waals surface area (Å²) in [6.45, 7) is 1.40. The number of sulfonamides is 1. The van der Waals surface area contributed by atoms with Crippen molar-refractivity contribution in [1.82, 2.24) is 9.62 Å². The summed E-state index contributed by atoms with van der Waals surface area (Å²) in [6.07, 6.45) is 7.52. The predicted molar refractivity (Wildman–Crippen MR) is 116 cm³/mol. The van der Waals surface area contributed by atoms with E-state index in [1.165, 1.54) is 18.6 Å². The van der Waals surface area contributed by atoms with Crippen molar-refractivity contribution >= 4 is 27.5 Å². The van der Waals surface area contributed by atoms with Gasteiger partial charge in [-0.3, -0.25) is 9.59 Å². The van der Waals surface area contributed by atoms with E-state index in [2.05, 4.69) is 10.0 Å². The topological polar surface area (TPSA) is 105 Å². The first kappa shape index (κ1) is 22.2. The van der Waals surface area contributed by atoms with Crippen molar-refractivity contribution < 1.29 is 22.7 Å². The standard InChI is InChI=1S/C22H31N3O5S/c26-21-13-16(15-25(21)18-5-2-1-3-6-18)22(27)24-17-8-10-20(11-9-17)31(28,29)23-14-19-7-4-12-30-19/h8-11,16,18-19,23H,1-7,12-15H2,(H,24,27). The van der Waals surface area contributed by atoms with Crippen LogP contribution in [0.5, 0.6) is 0 Å². The highest BCUT2D eigenvalue weighted by Crippen LogP contribution is 2.29. The Morgan fingerprint density at radius 2 is 1.81 bits per heavy atom. The van der Waals surface area contributed by atoms with E-state index in [0.29, 0.717) is 18.8 Å². The lowest BCUT2D eigenvalue weighted by Gasteiger charge is -2.31. The molecule has 2 N–H and O–H groups in total. The van der Waals surface area contributed by atoms with Gasteiger partial charge in [0.2, 0.25) is 21.8 Å². The molecule has 0 aromatic heterocycles. The number of likely N-dealkylation sites (tertiary alicyclic amines) is 1. The number of rotatable bonds is 7. The van der Waals surface area contributed by atoms with Crippen molar-refractivity contribution in [2.24, 2.45) is 5.92 Å². The lowest BCUT2D eigenvalue weighted by molar-refractivity contribution is -0.130. The molecule has 4 rings (SSSR count). The van der Waals surface area contributed by atoms with Gasteiger partial charge in [-0.15, -0.1) is 0 Å². The largest absolute Gasteiger partial charge is 0.377 e. The zero-order valence-electron chi connectivity index (χ0n) is 17.7. The minimum Gasteiger partial charge on any atom is -0.377 e. The Labute approximate surface area is 183 Å². The van der Waals surface area contributed by atoms with Crippen LogP contribution in [0, 0.1) is 5.92 Å². The van der Waals surface area contributed by atoms with Gasteiger partial charge < -0.3 is 15.0 Å². The van der Waals surface area contributed by atoms with Crippen molar-refractivity contribution in [3.05, 3.63) is 24.3 Å². The molecule has 0 radical (unpaired) electrons. The molecule has 1 aromatic rings. The fraction of sp³-hybridized carbons (Fsp3) is 0.636. The second-order valence-electron chi connectivity index (χ2n) is 8.74. The molecule has 31 heavy (non-hydrogen) atoms. The van der Waals surface area contributed by atoms with Gasteiger partial charge in [-0.2, -0.15) is 0 Å². The van der Waals surface area contributed by atoms with Gasteiger partial charge >= 0.3 is 0 Å².